The number of Topliss-reactive ketones (excluding diaryl/α,β-unsaturated/α-hetero) is 1. The summed E-state index contributed by atoms with van der Waals surface area (Å²) in [6, 6.07) is 9.66. The van der Waals surface area contributed by atoms with E-state index >= 15 is 0 Å². The second-order valence-electron chi connectivity index (χ2n) is 5.74. The molecule has 0 fully saturated rings. The zero-order valence-electron chi connectivity index (χ0n) is 14.4. The lowest BCUT2D eigenvalue weighted by Gasteiger charge is -2.14. The first-order valence-corrected chi connectivity index (χ1v) is 8.42. The van der Waals surface area contributed by atoms with Crippen molar-refractivity contribution in [1.82, 2.24) is 0 Å². The number of ketones is 1. The van der Waals surface area contributed by atoms with E-state index in [1.807, 2.05) is 0 Å². The van der Waals surface area contributed by atoms with Gasteiger partial charge in [-0.15, -0.1) is 0 Å². The summed E-state index contributed by atoms with van der Waals surface area (Å²) in [7, 11) is 1.51. The number of halogens is 4. The minimum absolute atomic E-state index is 0.0783. The quantitative estimate of drug-likeness (QED) is 0.638. The van der Waals surface area contributed by atoms with Crippen molar-refractivity contribution >= 4 is 29.0 Å². The van der Waals surface area contributed by atoms with Gasteiger partial charge in [0, 0.05) is 23.4 Å². The van der Waals surface area contributed by atoms with E-state index in [-0.39, 0.29) is 35.8 Å². The minimum atomic E-state index is -4.64. The molecule has 0 spiro atoms. The van der Waals surface area contributed by atoms with Crippen LogP contribution in [0.25, 0.3) is 0 Å². The number of rotatable bonds is 7. The van der Waals surface area contributed by atoms with E-state index in [9.17, 15) is 22.8 Å². The number of hydrogen-bond acceptors (Lipinski definition) is 3. The smallest absolute Gasteiger partial charge is 0.418 e. The molecule has 27 heavy (non-hydrogen) atoms. The molecule has 0 saturated carbocycles. The van der Waals surface area contributed by atoms with Gasteiger partial charge < -0.3 is 10.1 Å². The summed E-state index contributed by atoms with van der Waals surface area (Å²) < 4.78 is 44.1. The number of ether oxygens (including phenoxy) is 1. The molecule has 0 aliphatic carbocycles. The summed E-state index contributed by atoms with van der Waals surface area (Å²) in [4.78, 5) is 24.0. The summed E-state index contributed by atoms with van der Waals surface area (Å²) in [6.45, 7) is 0. The van der Waals surface area contributed by atoms with Gasteiger partial charge in [-0.25, -0.2) is 0 Å². The Morgan fingerprint density at radius 3 is 2.33 bits per heavy atom. The standard InChI is InChI=1S/C19H17ClF3NO3/c1-27-14-8-5-12(6-9-14)17(25)3-2-4-18(26)24-16-10-7-13(20)11-15(16)19(21,22)23/h5-11H,2-4H2,1H3,(H,24,26). The van der Waals surface area contributed by atoms with Gasteiger partial charge in [0.25, 0.3) is 0 Å². The Morgan fingerprint density at radius 2 is 1.74 bits per heavy atom. The van der Waals surface area contributed by atoms with Gasteiger partial charge in [0.1, 0.15) is 5.75 Å². The van der Waals surface area contributed by atoms with Crippen molar-refractivity contribution in [2.75, 3.05) is 12.4 Å². The molecular weight excluding hydrogens is 383 g/mol. The highest BCUT2D eigenvalue weighted by atomic mass is 35.5. The normalized spacial score (nSPS) is 11.1. The van der Waals surface area contributed by atoms with Crippen molar-refractivity contribution in [3.63, 3.8) is 0 Å². The van der Waals surface area contributed by atoms with Crippen LogP contribution in [0.4, 0.5) is 18.9 Å². The molecule has 4 nitrogen and oxygen atoms in total. The maximum absolute atomic E-state index is 13.0. The van der Waals surface area contributed by atoms with Crippen molar-refractivity contribution < 1.29 is 27.5 Å². The van der Waals surface area contributed by atoms with E-state index < -0.39 is 17.6 Å². The number of carbonyl (C=O) groups excluding carboxylic acids is 2. The minimum Gasteiger partial charge on any atom is -0.497 e. The lowest BCUT2D eigenvalue weighted by atomic mass is 10.1. The Bertz CT molecular complexity index is 820. The maximum Gasteiger partial charge on any atom is 0.418 e. The van der Waals surface area contributed by atoms with Crippen molar-refractivity contribution in [1.29, 1.82) is 0 Å². The molecule has 2 aromatic rings. The van der Waals surface area contributed by atoms with Gasteiger partial charge in [0.05, 0.1) is 18.4 Å². The van der Waals surface area contributed by atoms with Crippen molar-refractivity contribution in [2.45, 2.75) is 25.4 Å². The molecule has 0 atom stereocenters. The number of anilines is 1. The molecule has 2 rings (SSSR count). The maximum atomic E-state index is 13.0. The van der Waals surface area contributed by atoms with Crippen LogP contribution < -0.4 is 10.1 Å². The highest BCUT2D eigenvalue weighted by molar-refractivity contribution is 6.30. The number of carbonyl (C=O) groups is 2. The van der Waals surface area contributed by atoms with Crippen LogP contribution in [0.5, 0.6) is 5.75 Å². The second-order valence-corrected chi connectivity index (χ2v) is 6.18. The van der Waals surface area contributed by atoms with E-state index in [1.165, 1.54) is 13.2 Å². The molecular formula is C19H17ClF3NO3. The molecule has 144 valence electrons. The van der Waals surface area contributed by atoms with Crippen LogP contribution in [0.2, 0.25) is 5.02 Å². The largest absolute Gasteiger partial charge is 0.497 e. The number of amides is 1. The number of alkyl halides is 3. The van der Waals surface area contributed by atoms with Crippen LogP contribution in [0, 0.1) is 0 Å². The first-order valence-electron chi connectivity index (χ1n) is 8.04. The van der Waals surface area contributed by atoms with Gasteiger partial charge in [-0.1, -0.05) is 11.6 Å². The van der Waals surface area contributed by atoms with Crippen molar-refractivity contribution in [3.05, 3.63) is 58.6 Å². The zero-order chi connectivity index (χ0) is 20.0. The molecule has 1 N–H and O–H groups in total. The first-order chi connectivity index (χ1) is 12.7. The monoisotopic (exact) mass is 399 g/mol. The number of methoxy groups -OCH3 is 1. The molecule has 0 bridgehead atoms. The Balaban J connectivity index is 1.90. The van der Waals surface area contributed by atoms with Gasteiger partial charge >= 0.3 is 6.18 Å². The van der Waals surface area contributed by atoms with Crippen LogP contribution in [-0.2, 0) is 11.0 Å². The first kappa shape index (κ1) is 20.8. The fourth-order valence-electron chi connectivity index (χ4n) is 2.40. The summed E-state index contributed by atoms with van der Waals surface area (Å²) in [5.74, 6) is -0.146. The Kier molecular flexibility index (Phi) is 6.85. The van der Waals surface area contributed by atoms with Crippen LogP contribution in [0.3, 0.4) is 0 Å². The molecule has 8 heteroatoms. The molecule has 0 unspecified atom stereocenters. The summed E-state index contributed by atoms with van der Waals surface area (Å²) in [5, 5.41) is 2.15. The number of benzene rings is 2. The fourth-order valence-corrected chi connectivity index (χ4v) is 2.58. The molecule has 0 heterocycles. The van der Waals surface area contributed by atoms with Gasteiger partial charge in [-0.2, -0.15) is 13.2 Å². The fraction of sp³-hybridized carbons (Fsp3) is 0.263. The van der Waals surface area contributed by atoms with E-state index in [4.69, 9.17) is 16.3 Å². The highest BCUT2D eigenvalue weighted by Crippen LogP contribution is 2.36. The second kappa shape index (κ2) is 8.90. The highest BCUT2D eigenvalue weighted by Gasteiger charge is 2.34. The summed E-state index contributed by atoms with van der Waals surface area (Å²) >= 11 is 5.60. The van der Waals surface area contributed by atoms with Crippen LogP contribution >= 0.6 is 11.6 Å². The zero-order valence-corrected chi connectivity index (χ0v) is 15.2. The molecule has 0 aliphatic heterocycles. The van der Waals surface area contributed by atoms with Gasteiger partial charge in [-0.3, -0.25) is 9.59 Å². The van der Waals surface area contributed by atoms with E-state index in [0.717, 1.165) is 12.1 Å². The van der Waals surface area contributed by atoms with Gasteiger partial charge in [0.2, 0.25) is 5.91 Å². The topological polar surface area (TPSA) is 55.4 Å². The molecule has 0 aromatic heterocycles. The molecule has 1 amide bonds. The molecule has 0 radical (unpaired) electrons. The molecule has 0 aliphatic rings. The Morgan fingerprint density at radius 1 is 1.07 bits per heavy atom. The van der Waals surface area contributed by atoms with Crippen LogP contribution in [0.1, 0.15) is 35.2 Å². The Labute approximate surface area is 159 Å². The predicted molar refractivity (Wildman–Crippen MR) is 96.3 cm³/mol. The lowest BCUT2D eigenvalue weighted by molar-refractivity contribution is -0.137. The van der Waals surface area contributed by atoms with E-state index in [1.54, 1.807) is 24.3 Å². The Hall–Kier alpha value is -2.54. The third-order valence-corrected chi connectivity index (χ3v) is 4.02. The van der Waals surface area contributed by atoms with Crippen LogP contribution in [-0.4, -0.2) is 18.8 Å². The molecule has 0 saturated heterocycles. The third kappa shape index (κ3) is 5.99. The lowest BCUT2D eigenvalue weighted by Crippen LogP contribution is -2.16. The van der Waals surface area contributed by atoms with Crippen molar-refractivity contribution in [3.8, 4) is 5.75 Å². The van der Waals surface area contributed by atoms with Crippen LogP contribution in [0.15, 0.2) is 42.5 Å². The number of hydrogen-bond donors (Lipinski definition) is 1. The van der Waals surface area contributed by atoms with Crippen molar-refractivity contribution in [2.24, 2.45) is 0 Å². The summed E-state index contributed by atoms with van der Waals surface area (Å²) in [6.07, 6.45) is -4.40. The average molecular weight is 400 g/mol. The predicted octanol–water partition coefficient (Wildman–Crippen LogP) is 5.36. The van der Waals surface area contributed by atoms with Gasteiger partial charge in [0.15, 0.2) is 5.78 Å². The SMILES string of the molecule is COc1ccc(C(=O)CCCC(=O)Nc2ccc(Cl)cc2C(F)(F)F)cc1. The summed E-state index contributed by atoms with van der Waals surface area (Å²) in [5.41, 5.74) is -0.899. The van der Waals surface area contributed by atoms with Gasteiger partial charge in [-0.05, 0) is 48.9 Å². The third-order valence-electron chi connectivity index (χ3n) is 3.78. The van der Waals surface area contributed by atoms with E-state index in [0.29, 0.717) is 11.3 Å². The van der Waals surface area contributed by atoms with E-state index in [2.05, 4.69) is 5.32 Å². The molecule has 2 aromatic carbocycles. The number of nitrogens with one attached hydrogen (secondary N) is 1. The average Bonchev–Trinajstić information content (AvgIpc) is 2.62.